The SMILES string of the molecule is Cc1cnn2c(NCC3(c4c[nH]c5ccccc45)CC3)cc(-c3cncc(F)c3)nc12. The Morgan fingerprint density at radius 2 is 2.03 bits per heavy atom. The summed E-state index contributed by atoms with van der Waals surface area (Å²) in [5.74, 6) is 0.457. The molecule has 154 valence electrons. The Balaban J connectivity index is 1.38. The highest BCUT2D eigenvalue weighted by Gasteiger charge is 2.45. The molecule has 1 aliphatic carbocycles. The number of para-hydroxylation sites is 1. The second kappa shape index (κ2) is 6.63. The third kappa shape index (κ3) is 2.96. The van der Waals surface area contributed by atoms with Crippen molar-refractivity contribution in [2.75, 3.05) is 11.9 Å². The lowest BCUT2D eigenvalue weighted by Gasteiger charge is -2.18. The third-order valence-electron chi connectivity index (χ3n) is 6.27. The minimum atomic E-state index is -0.379. The van der Waals surface area contributed by atoms with Crippen LogP contribution in [-0.2, 0) is 5.41 Å². The summed E-state index contributed by atoms with van der Waals surface area (Å²) in [6, 6.07) is 11.8. The number of halogens is 1. The number of aromatic amines is 1. The van der Waals surface area contributed by atoms with Crippen molar-refractivity contribution in [1.29, 1.82) is 0 Å². The maximum absolute atomic E-state index is 13.8. The molecule has 0 saturated heterocycles. The van der Waals surface area contributed by atoms with E-state index in [1.54, 1.807) is 12.4 Å². The standard InChI is InChI=1S/C24H21FN6/c1-15-10-29-31-22(9-21(30-23(15)31)16-8-17(25)12-26-11-16)28-14-24(6-7-24)19-13-27-20-5-3-2-4-18(19)20/h2-5,8-13,27-28H,6-7,14H2,1H3. The van der Waals surface area contributed by atoms with Gasteiger partial charge in [-0.15, -0.1) is 0 Å². The molecule has 0 atom stereocenters. The Hall–Kier alpha value is -3.74. The summed E-state index contributed by atoms with van der Waals surface area (Å²) in [6.07, 6.45) is 9.04. The summed E-state index contributed by atoms with van der Waals surface area (Å²) in [6.45, 7) is 2.76. The van der Waals surface area contributed by atoms with Crippen LogP contribution in [0.5, 0.6) is 0 Å². The Bertz CT molecular complexity index is 1430. The zero-order valence-corrected chi connectivity index (χ0v) is 17.1. The van der Waals surface area contributed by atoms with Crippen molar-refractivity contribution in [2.45, 2.75) is 25.2 Å². The van der Waals surface area contributed by atoms with Gasteiger partial charge in [0.25, 0.3) is 0 Å². The van der Waals surface area contributed by atoms with Gasteiger partial charge in [-0.2, -0.15) is 9.61 Å². The number of benzene rings is 1. The van der Waals surface area contributed by atoms with Crippen LogP contribution >= 0.6 is 0 Å². The van der Waals surface area contributed by atoms with E-state index in [4.69, 9.17) is 4.98 Å². The van der Waals surface area contributed by atoms with Gasteiger partial charge in [-0.3, -0.25) is 4.98 Å². The summed E-state index contributed by atoms with van der Waals surface area (Å²) in [5.41, 5.74) is 5.64. The third-order valence-corrected chi connectivity index (χ3v) is 6.27. The number of pyridine rings is 1. The number of nitrogens with zero attached hydrogens (tertiary/aromatic N) is 4. The highest BCUT2D eigenvalue weighted by atomic mass is 19.1. The van der Waals surface area contributed by atoms with Crippen LogP contribution in [0, 0.1) is 12.7 Å². The maximum Gasteiger partial charge on any atom is 0.160 e. The molecule has 0 spiro atoms. The first-order valence-corrected chi connectivity index (χ1v) is 10.4. The lowest BCUT2D eigenvalue weighted by molar-refractivity contribution is 0.622. The molecule has 4 heterocycles. The largest absolute Gasteiger partial charge is 0.369 e. The summed E-state index contributed by atoms with van der Waals surface area (Å²) in [4.78, 5) is 12.1. The van der Waals surface area contributed by atoms with Gasteiger partial charge < -0.3 is 10.3 Å². The number of hydrogen-bond donors (Lipinski definition) is 2. The van der Waals surface area contributed by atoms with Gasteiger partial charge in [0.15, 0.2) is 5.65 Å². The first kappa shape index (κ1) is 18.1. The quantitative estimate of drug-likeness (QED) is 0.432. The molecule has 0 radical (unpaired) electrons. The van der Waals surface area contributed by atoms with Crippen molar-refractivity contribution in [3.05, 3.63) is 78.1 Å². The Labute approximate surface area is 178 Å². The van der Waals surface area contributed by atoms with Gasteiger partial charge in [0.1, 0.15) is 11.6 Å². The van der Waals surface area contributed by atoms with E-state index >= 15 is 0 Å². The fourth-order valence-corrected chi connectivity index (χ4v) is 4.36. The monoisotopic (exact) mass is 412 g/mol. The first-order chi connectivity index (χ1) is 15.1. The van der Waals surface area contributed by atoms with Crippen LogP contribution in [0.25, 0.3) is 27.8 Å². The Morgan fingerprint density at radius 1 is 1.16 bits per heavy atom. The number of aromatic nitrogens is 5. The van der Waals surface area contributed by atoms with E-state index in [2.05, 4.69) is 50.8 Å². The molecule has 0 amide bonds. The van der Waals surface area contributed by atoms with Crippen LogP contribution in [-0.4, -0.2) is 31.1 Å². The second-order valence-electron chi connectivity index (χ2n) is 8.36. The molecule has 1 saturated carbocycles. The molecular formula is C24H21FN6. The van der Waals surface area contributed by atoms with Crippen LogP contribution in [0.2, 0.25) is 0 Å². The first-order valence-electron chi connectivity index (χ1n) is 10.4. The summed E-state index contributed by atoms with van der Waals surface area (Å²) in [7, 11) is 0. The molecule has 2 N–H and O–H groups in total. The van der Waals surface area contributed by atoms with Crippen LogP contribution in [0.1, 0.15) is 24.0 Å². The van der Waals surface area contributed by atoms with Crippen molar-refractivity contribution in [2.24, 2.45) is 0 Å². The lowest BCUT2D eigenvalue weighted by Crippen LogP contribution is -2.21. The normalized spacial score (nSPS) is 14.9. The summed E-state index contributed by atoms with van der Waals surface area (Å²) < 4.78 is 15.6. The second-order valence-corrected chi connectivity index (χ2v) is 8.36. The minimum Gasteiger partial charge on any atom is -0.369 e. The number of rotatable bonds is 5. The van der Waals surface area contributed by atoms with Crippen molar-refractivity contribution in [3.8, 4) is 11.3 Å². The molecule has 6 rings (SSSR count). The predicted octanol–water partition coefficient (Wildman–Crippen LogP) is 4.86. The maximum atomic E-state index is 13.8. The van der Waals surface area contributed by atoms with Crippen LogP contribution in [0.3, 0.4) is 0 Å². The zero-order chi connectivity index (χ0) is 21.0. The van der Waals surface area contributed by atoms with E-state index in [1.165, 1.54) is 28.7 Å². The lowest BCUT2D eigenvalue weighted by atomic mass is 9.95. The van der Waals surface area contributed by atoms with Crippen molar-refractivity contribution < 1.29 is 4.39 Å². The number of nitrogens with one attached hydrogen (secondary N) is 2. The van der Waals surface area contributed by atoms with E-state index in [0.29, 0.717) is 11.3 Å². The summed E-state index contributed by atoms with van der Waals surface area (Å²) in [5, 5.41) is 9.39. The van der Waals surface area contributed by atoms with E-state index in [0.717, 1.165) is 36.4 Å². The average Bonchev–Trinajstić information content (AvgIpc) is 3.29. The number of hydrogen-bond acceptors (Lipinski definition) is 4. The van der Waals surface area contributed by atoms with Gasteiger partial charge in [-0.05, 0) is 37.5 Å². The highest BCUT2D eigenvalue weighted by molar-refractivity contribution is 5.85. The van der Waals surface area contributed by atoms with Gasteiger partial charge in [0, 0.05) is 52.4 Å². The number of fused-ring (bicyclic) bond motifs is 2. The number of H-pyrrole nitrogens is 1. The van der Waals surface area contributed by atoms with Crippen LogP contribution < -0.4 is 5.32 Å². The van der Waals surface area contributed by atoms with Gasteiger partial charge in [0.05, 0.1) is 18.1 Å². The number of anilines is 1. The van der Waals surface area contributed by atoms with Crippen molar-refractivity contribution in [1.82, 2.24) is 24.6 Å². The van der Waals surface area contributed by atoms with E-state index in [9.17, 15) is 4.39 Å². The summed E-state index contributed by atoms with van der Waals surface area (Å²) >= 11 is 0. The minimum absolute atomic E-state index is 0.0952. The molecule has 31 heavy (non-hydrogen) atoms. The molecule has 4 aromatic heterocycles. The Kier molecular flexibility index (Phi) is 3.86. The molecule has 1 aromatic carbocycles. The molecule has 0 bridgehead atoms. The van der Waals surface area contributed by atoms with Gasteiger partial charge in [0.2, 0.25) is 0 Å². The topological polar surface area (TPSA) is 70.9 Å². The van der Waals surface area contributed by atoms with Gasteiger partial charge in [-0.25, -0.2) is 9.37 Å². The molecule has 1 aliphatic rings. The predicted molar refractivity (Wildman–Crippen MR) is 119 cm³/mol. The van der Waals surface area contributed by atoms with Crippen molar-refractivity contribution in [3.63, 3.8) is 0 Å². The van der Waals surface area contributed by atoms with Crippen molar-refractivity contribution >= 4 is 22.4 Å². The highest BCUT2D eigenvalue weighted by Crippen LogP contribution is 2.50. The van der Waals surface area contributed by atoms with Crippen LogP contribution in [0.15, 0.2) is 61.2 Å². The molecule has 0 unspecified atom stereocenters. The fourth-order valence-electron chi connectivity index (χ4n) is 4.36. The molecule has 7 heteroatoms. The number of aryl methyl sites for hydroxylation is 1. The van der Waals surface area contributed by atoms with E-state index < -0.39 is 0 Å². The fraction of sp³-hybridized carbons (Fsp3) is 0.208. The molecule has 0 aliphatic heterocycles. The molecule has 1 fully saturated rings. The average molecular weight is 412 g/mol. The molecule has 6 nitrogen and oxygen atoms in total. The van der Waals surface area contributed by atoms with E-state index in [-0.39, 0.29) is 11.2 Å². The smallest absolute Gasteiger partial charge is 0.160 e. The van der Waals surface area contributed by atoms with Crippen LogP contribution in [0.4, 0.5) is 10.2 Å². The van der Waals surface area contributed by atoms with Gasteiger partial charge in [-0.1, -0.05) is 18.2 Å². The molecular weight excluding hydrogens is 391 g/mol. The van der Waals surface area contributed by atoms with Gasteiger partial charge >= 0.3 is 0 Å². The Morgan fingerprint density at radius 3 is 2.87 bits per heavy atom. The molecule has 5 aromatic rings. The zero-order valence-electron chi connectivity index (χ0n) is 17.1. The van der Waals surface area contributed by atoms with E-state index in [1.807, 2.05) is 17.5 Å².